The van der Waals surface area contributed by atoms with E-state index >= 15 is 0 Å². The zero-order valence-electron chi connectivity index (χ0n) is 9.48. The number of nitriles is 1. The number of ether oxygens (including phenoxy) is 2. The Hall–Kier alpha value is -1.15. The van der Waals surface area contributed by atoms with Crippen molar-refractivity contribution < 1.29 is 44.1 Å². The van der Waals surface area contributed by atoms with E-state index in [2.05, 4.69) is 0 Å². The van der Waals surface area contributed by atoms with Gasteiger partial charge >= 0.3 is 29.6 Å². The maximum atomic E-state index is 10.6. The summed E-state index contributed by atoms with van der Waals surface area (Å²) in [5, 5.41) is 19.2. The maximum Gasteiger partial charge on any atom is 1.00 e. The first-order valence-electron chi connectivity index (χ1n) is 4.21. The van der Waals surface area contributed by atoms with Gasteiger partial charge in [0.1, 0.15) is 0 Å². The van der Waals surface area contributed by atoms with Crippen molar-refractivity contribution in [2.45, 2.75) is 0 Å². The van der Waals surface area contributed by atoms with Crippen molar-refractivity contribution in [2.24, 2.45) is 0 Å². The van der Waals surface area contributed by atoms with E-state index in [9.17, 15) is 5.11 Å². The third-order valence-electron chi connectivity index (χ3n) is 1.93. The summed E-state index contributed by atoms with van der Waals surface area (Å²) >= 11 is 0. The molecular weight excluding hydrogens is 217 g/mol. The fraction of sp³-hybridized carbons (Fsp3) is 0.182. The predicted octanol–water partition coefficient (Wildman–Crippen LogP) is -2.07. The van der Waals surface area contributed by atoms with Crippen LogP contribution in [-0.4, -0.2) is 14.2 Å². The van der Waals surface area contributed by atoms with Gasteiger partial charge < -0.3 is 14.6 Å². The van der Waals surface area contributed by atoms with Crippen molar-refractivity contribution in [3.63, 3.8) is 0 Å². The summed E-state index contributed by atoms with van der Waals surface area (Å²) in [5.41, 5.74) is 0.584. The average Bonchev–Trinajstić information content (AvgIpc) is 2.30. The van der Waals surface area contributed by atoms with E-state index in [0.717, 1.165) is 0 Å². The number of benzene rings is 1. The van der Waals surface area contributed by atoms with Crippen LogP contribution < -0.4 is 44.1 Å². The molecule has 1 aromatic carbocycles. The van der Waals surface area contributed by atoms with Crippen LogP contribution in [0.1, 0.15) is 5.56 Å². The van der Waals surface area contributed by atoms with Crippen LogP contribution >= 0.6 is 0 Å². The number of hydrogen-bond donors (Lipinski definition) is 0. The van der Waals surface area contributed by atoms with Crippen LogP contribution in [0.4, 0.5) is 0 Å². The standard InChI is InChI=1S/C11H11NO3.Na/c1-14-10-4-3-8(5-11(10)15-2)9(6-12)7-13;/h3-5,7,13H,1-2H3;/q;+1/p-1/b9-7-;. The summed E-state index contributed by atoms with van der Waals surface area (Å²) in [6, 6.07) is 6.68. The molecule has 0 N–H and O–H groups in total. The Labute approximate surface area is 116 Å². The molecule has 0 aliphatic rings. The maximum absolute atomic E-state index is 10.6. The molecule has 16 heavy (non-hydrogen) atoms. The Morgan fingerprint density at radius 2 is 1.94 bits per heavy atom. The zero-order valence-corrected chi connectivity index (χ0v) is 11.5. The molecule has 0 saturated carbocycles. The summed E-state index contributed by atoms with van der Waals surface area (Å²) < 4.78 is 10.1. The Balaban J connectivity index is 0.00000225. The fourth-order valence-corrected chi connectivity index (χ4v) is 1.16. The van der Waals surface area contributed by atoms with Crippen molar-refractivity contribution in [1.29, 1.82) is 5.26 Å². The largest absolute Gasteiger partial charge is 1.00 e. The van der Waals surface area contributed by atoms with E-state index in [1.807, 2.05) is 6.07 Å². The molecule has 78 valence electrons. The molecule has 0 fully saturated rings. The monoisotopic (exact) mass is 227 g/mol. The van der Waals surface area contributed by atoms with Crippen LogP contribution in [0.2, 0.25) is 0 Å². The molecule has 0 amide bonds. The Morgan fingerprint density at radius 1 is 1.31 bits per heavy atom. The smallest absolute Gasteiger partial charge is 0.877 e. The third-order valence-corrected chi connectivity index (χ3v) is 1.93. The first-order chi connectivity index (χ1) is 7.26. The number of allylic oxidation sites excluding steroid dienone is 1. The summed E-state index contributed by atoms with van der Waals surface area (Å²) in [6.07, 6.45) is 0.515. The molecule has 0 spiro atoms. The van der Waals surface area contributed by atoms with E-state index < -0.39 is 0 Å². The Kier molecular flexibility index (Phi) is 6.66. The van der Waals surface area contributed by atoms with Gasteiger partial charge in [0.15, 0.2) is 11.5 Å². The Morgan fingerprint density at radius 3 is 2.38 bits per heavy atom. The first kappa shape index (κ1) is 14.8. The van der Waals surface area contributed by atoms with Crippen LogP contribution in [0, 0.1) is 11.3 Å². The number of methoxy groups -OCH3 is 2. The van der Waals surface area contributed by atoms with E-state index in [-0.39, 0.29) is 35.1 Å². The van der Waals surface area contributed by atoms with Crippen molar-refractivity contribution in [2.75, 3.05) is 14.2 Å². The van der Waals surface area contributed by atoms with Crippen LogP contribution in [0.3, 0.4) is 0 Å². The molecule has 0 aliphatic carbocycles. The normalized spacial score (nSPS) is 9.94. The van der Waals surface area contributed by atoms with Crippen molar-refractivity contribution in [3.05, 3.63) is 30.0 Å². The van der Waals surface area contributed by atoms with Gasteiger partial charge in [-0.15, -0.1) is 6.26 Å². The van der Waals surface area contributed by atoms with Gasteiger partial charge in [-0.2, -0.15) is 5.26 Å². The molecule has 0 bridgehead atoms. The van der Waals surface area contributed by atoms with Gasteiger partial charge in [-0.1, -0.05) is 0 Å². The molecule has 4 nitrogen and oxygen atoms in total. The second kappa shape index (κ2) is 7.18. The fourth-order valence-electron chi connectivity index (χ4n) is 1.16. The van der Waals surface area contributed by atoms with Gasteiger partial charge in [-0.25, -0.2) is 0 Å². The van der Waals surface area contributed by atoms with Crippen LogP contribution in [0.25, 0.3) is 5.57 Å². The molecule has 0 aromatic heterocycles. The van der Waals surface area contributed by atoms with E-state index in [4.69, 9.17) is 14.7 Å². The molecule has 1 rings (SSSR count). The van der Waals surface area contributed by atoms with Gasteiger partial charge in [0.25, 0.3) is 0 Å². The summed E-state index contributed by atoms with van der Waals surface area (Å²) in [7, 11) is 3.01. The molecule has 0 saturated heterocycles. The molecule has 0 unspecified atom stereocenters. The summed E-state index contributed by atoms with van der Waals surface area (Å²) in [4.78, 5) is 0. The molecule has 5 heteroatoms. The molecule has 0 radical (unpaired) electrons. The number of nitrogens with zero attached hydrogens (tertiary/aromatic N) is 1. The van der Waals surface area contributed by atoms with Crippen LogP contribution in [0.15, 0.2) is 24.5 Å². The topological polar surface area (TPSA) is 65.3 Å². The average molecular weight is 227 g/mol. The minimum atomic E-state index is 0. The molecule has 1 aromatic rings. The molecule has 0 heterocycles. The Bertz CT molecular complexity index is 424. The third kappa shape index (κ3) is 3.17. The van der Waals surface area contributed by atoms with Crippen molar-refractivity contribution in [3.8, 4) is 17.6 Å². The van der Waals surface area contributed by atoms with E-state index in [1.54, 1.807) is 18.2 Å². The van der Waals surface area contributed by atoms with Gasteiger partial charge in [0.05, 0.1) is 20.3 Å². The summed E-state index contributed by atoms with van der Waals surface area (Å²) in [6.45, 7) is 0. The second-order valence-corrected chi connectivity index (χ2v) is 2.71. The minimum absolute atomic E-state index is 0. The van der Waals surface area contributed by atoms with Gasteiger partial charge in [-0.3, -0.25) is 0 Å². The molecule has 0 aliphatic heterocycles. The summed E-state index contributed by atoms with van der Waals surface area (Å²) in [5.74, 6) is 1.05. The van der Waals surface area contributed by atoms with Gasteiger partial charge in [0.2, 0.25) is 0 Å². The number of hydrogen-bond acceptors (Lipinski definition) is 4. The van der Waals surface area contributed by atoms with Crippen LogP contribution in [-0.2, 0) is 0 Å². The molecular formula is C11H10NNaO3. The SMILES string of the molecule is COc1ccc(/C(C#N)=C\[O-])cc1OC.[Na+]. The van der Waals surface area contributed by atoms with Gasteiger partial charge in [0, 0.05) is 5.57 Å². The zero-order chi connectivity index (χ0) is 11.3. The first-order valence-corrected chi connectivity index (χ1v) is 4.21. The minimum Gasteiger partial charge on any atom is -0.877 e. The van der Waals surface area contributed by atoms with Crippen molar-refractivity contribution in [1.82, 2.24) is 0 Å². The van der Waals surface area contributed by atoms with E-state index in [1.165, 1.54) is 14.2 Å². The van der Waals surface area contributed by atoms with Crippen molar-refractivity contribution >= 4 is 5.57 Å². The van der Waals surface area contributed by atoms with Crippen LogP contribution in [0.5, 0.6) is 11.5 Å². The second-order valence-electron chi connectivity index (χ2n) is 2.71. The predicted molar refractivity (Wildman–Crippen MR) is 53.1 cm³/mol. The van der Waals surface area contributed by atoms with Gasteiger partial charge in [-0.05, 0) is 23.8 Å². The number of rotatable bonds is 3. The van der Waals surface area contributed by atoms with E-state index in [0.29, 0.717) is 23.3 Å². The molecule has 0 atom stereocenters. The quantitative estimate of drug-likeness (QED) is 0.338.